The van der Waals surface area contributed by atoms with E-state index in [1.165, 1.54) is 11.6 Å². The third-order valence-corrected chi connectivity index (χ3v) is 4.49. The fourth-order valence-electron chi connectivity index (χ4n) is 3.07. The third kappa shape index (κ3) is 5.22. The van der Waals surface area contributed by atoms with Gasteiger partial charge in [-0.15, -0.1) is 0 Å². The number of carbonyl (C=O) groups is 3. The molecule has 0 spiro atoms. The maximum Gasteiger partial charge on any atom is 0.359 e. The van der Waals surface area contributed by atoms with Gasteiger partial charge in [0.25, 0.3) is 11.5 Å². The highest BCUT2D eigenvalue weighted by molar-refractivity contribution is 6.03. The lowest BCUT2D eigenvalue weighted by atomic mass is 10.1. The number of esters is 1. The molecular formula is C23H23N3O5. The number of aromatic nitrogens is 2. The zero-order valence-corrected chi connectivity index (χ0v) is 17.5. The van der Waals surface area contributed by atoms with E-state index in [-0.39, 0.29) is 23.0 Å². The monoisotopic (exact) mass is 421 g/mol. The van der Waals surface area contributed by atoms with E-state index in [1.807, 2.05) is 13.8 Å². The molecule has 8 heteroatoms. The van der Waals surface area contributed by atoms with Crippen LogP contribution in [-0.2, 0) is 16.1 Å². The van der Waals surface area contributed by atoms with Gasteiger partial charge in [-0.2, -0.15) is 5.10 Å². The van der Waals surface area contributed by atoms with Crippen molar-refractivity contribution in [2.24, 2.45) is 5.92 Å². The van der Waals surface area contributed by atoms with Crippen LogP contribution in [0.5, 0.6) is 0 Å². The molecule has 1 amide bonds. The van der Waals surface area contributed by atoms with Crippen LogP contribution in [0.15, 0.2) is 53.3 Å². The SMILES string of the molecule is CC(=O)c1cccc(NC(=O)COC(=O)c2nn(CC(C)C)c(=O)c3ccccc23)c1. The molecule has 2 aromatic carbocycles. The van der Waals surface area contributed by atoms with Gasteiger partial charge in [0.05, 0.1) is 5.39 Å². The summed E-state index contributed by atoms with van der Waals surface area (Å²) >= 11 is 0. The summed E-state index contributed by atoms with van der Waals surface area (Å²) < 4.78 is 6.40. The lowest BCUT2D eigenvalue weighted by molar-refractivity contribution is -0.119. The topological polar surface area (TPSA) is 107 Å². The van der Waals surface area contributed by atoms with E-state index < -0.39 is 18.5 Å². The van der Waals surface area contributed by atoms with Gasteiger partial charge in [-0.25, -0.2) is 9.48 Å². The average molecular weight is 421 g/mol. The van der Waals surface area contributed by atoms with E-state index in [9.17, 15) is 19.2 Å². The molecule has 0 aliphatic heterocycles. The molecular weight excluding hydrogens is 398 g/mol. The second-order valence-corrected chi connectivity index (χ2v) is 7.54. The highest BCUT2D eigenvalue weighted by atomic mass is 16.5. The van der Waals surface area contributed by atoms with Gasteiger partial charge >= 0.3 is 5.97 Å². The first-order chi connectivity index (χ1) is 14.8. The number of anilines is 1. The molecule has 1 N–H and O–H groups in total. The highest BCUT2D eigenvalue weighted by Gasteiger charge is 2.19. The van der Waals surface area contributed by atoms with Crippen molar-refractivity contribution in [1.82, 2.24) is 9.78 Å². The summed E-state index contributed by atoms with van der Waals surface area (Å²) in [4.78, 5) is 49.0. The first-order valence-electron chi connectivity index (χ1n) is 9.84. The standard InChI is InChI=1S/C23H23N3O5/c1-14(2)12-26-22(29)19-10-5-4-9-18(19)21(25-26)23(30)31-13-20(28)24-17-8-6-7-16(11-17)15(3)27/h4-11,14H,12-13H2,1-3H3,(H,24,28). The number of Topliss-reactive ketones (excluding diaryl/α,β-unsaturated/α-hetero) is 1. The predicted octanol–water partition coefficient (Wildman–Crippen LogP) is 3.05. The minimum absolute atomic E-state index is 0.0257. The maximum atomic E-state index is 12.7. The van der Waals surface area contributed by atoms with Crippen LogP contribution >= 0.6 is 0 Å². The van der Waals surface area contributed by atoms with Gasteiger partial charge in [-0.05, 0) is 31.0 Å². The molecule has 31 heavy (non-hydrogen) atoms. The summed E-state index contributed by atoms with van der Waals surface area (Å²) in [6.07, 6.45) is 0. The van der Waals surface area contributed by atoms with Crippen LogP contribution in [0.2, 0.25) is 0 Å². The second-order valence-electron chi connectivity index (χ2n) is 7.54. The summed E-state index contributed by atoms with van der Waals surface area (Å²) in [7, 11) is 0. The molecule has 160 valence electrons. The molecule has 0 saturated heterocycles. The molecule has 0 fully saturated rings. The molecule has 0 atom stereocenters. The number of ketones is 1. The van der Waals surface area contributed by atoms with Crippen LogP contribution in [0, 0.1) is 5.92 Å². The fourth-order valence-corrected chi connectivity index (χ4v) is 3.07. The molecule has 1 aromatic heterocycles. The summed E-state index contributed by atoms with van der Waals surface area (Å²) in [5.41, 5.74) is 0.562. The Morgan fingerprint density at radius 2 is 1.77 bits per heavy atom. The third-order valence-electron chi connectivity index (χ3n) is 4.49. The molecule has 0 saturated carbocycles. The van der Waals surface area contributed by atoms with Gasteiger partial charge in [0, 0.05) is 23.2 Å². The molecule has 3 rings (SSSR count). The van der Waals surface area contributed by atoms with Crippen LogP contribution in [0.1, 0.15) is 41.6 Å². The zero-order chi connectivity index (χ0) is 22.5. The Morgan fingerprint density at radius 1 is 1.06 bits per heavy atom. The predicted molar refractivity (Wildman–Crippen MR) is 116 cm³/mol. The number of carbonyl (C=O) groups excluding carboxylic acids is 3. The van der Waals surface area contributed by atoms with E-state index in [4.69, 9.17) is 4.74 Å². The van der Waals surface area contributed by atoms with Crippen LogP contribution in [0.25, 0.3) is 10.8 Å². The number of nitrogens with one attached hydrogen (secondary N) is 1. The summed E-state index contributed by atoms with van der Waals surface area (Å²) in [5.74, 6) is -1.35. The smallest absolute Gasteiger partial charge is 0.359 e. The second kappa shape index (κ2) is 9.34. The first-order valence-corrected chi connectivity index (χ1v) is 9.84. The number of ether oxygens (including phenoxy) is 1. The molecule has 0 radical (unpaired) electrons. The van der Waals surface area contributed by atoms with Gasteiger partial charge in [-0.3, -0.25) is 14.4 Å². The van der Waals surface area contributed by atoms with E-state index >= 15 is 0 Å². The number of hydrogen-bond acceptors (Lipinski definition) is 6. The number of fused-ring (bicyclic) bond motifs is 1. The molecule has 0 bridgehead atoms. The van der Waals surface area contributed by atoms with Gasteiger partial charge in [0.1, 0.15) is 0 Å². The Labute approximate surface area is 178 Å². The summed E-state index contributed by atoms with van der Waals surface area (Å²) in [6.45, 7) is 5.11. The molecule has 8 nitrogen and oxygen atoms in total. The number of rotatable bonds is 7. The fraction of sp³-hybridized carbons (Fsp3) is 0.261. The quantitative estimate of drug-likeness (QED) is 0.464. The molecule has 3 aromatic rings. The van der Waals surface area contributed by atoms with Gasteiger partial charge in [0.15, 0.2) is 18.1 Å². The average Bonchev–Trinajstić information content (AvgIpc) is 2.74. The van der Waals surface area contributed by atoms with Gasteiger partial charge in [0.2, 0.25) is 0 Å². The minimum Gasteiger partial charge on any atom is -0.451 e. The zero-order valence-electron chi connectivity index (χ0n) is 17.5. The van der Waals surface area contributed by atoms with E-state index in [1.54, 1.807) is 48.5 Å². The minimum atomic E-state index is -0.804. The van der Waals surface area contributed by atoms with E-state index in [2.05, 4.69) is 10.4 Å². The van der Waals surface area contributed by atoms with E-state index in [0.717, 1.165) is 0 Å². The van der Waals surface area contributed by atoms with Gasteiger partial charge in [-0.1, -0.05) is 44.2 Å². The molecule has 0 unspecified atom stereocenters. The number of hydrogen-bond donors (Lipinski definition) is 1. The van der Waals surface area contributed by atoms with Crippen molar-refractivity contribution in [1.29, 1.82) is 0 Å². The Balaban J connectivity index is 1.78. The molecule has 0 aliphatic carbocycles. The lowest BCUT2D eigenvalue weighted by Gasteiger charge is -2.12. The van der Waals surface area contributed by atoms with Crippen molar-refractivity contribution in [3.8, 4) is 0 Å². The highest BCUT2D eigenvalue weighted by Crippen LogP contribution is 2.15. The number of benzene rings is 2. The van der Waals surface area contributed by atoms with Crippen LogP contribution in [0.3, 0.4) is 0 Å². The molecule has 0 aliphatic rings. The Hall–Kier alpha value is -3.81. The summed E-state index contributed by atoms with van der Waals surface area (Å²) in [5, 5.41) is 7.50. The number of amides is 1. The lowest BCUT2D eigenvalue weighted by Crippen LogP contribution is -2.29. The van der Waals surface area contributed by atoms with E-state index in [0.29, 0.717) is 28.6 Å². The van der Waals surface area contributed by atoms with Crippen LogP contribution in [0.4, 0.5) is 5.69 Å². The Bertz CT molecular complexity index is 1210. The number of nitrogens with zero attached hydrogens (tertiary/aromatic N) is 2. The van der Waals surface area contributed by atoms with Crippen molar-refractivity contribution in [3.05, 3.63) is 70.1 Å². The van der Waals surface area contributed by atoms with Crippen molar-refractivity contribution < 1.29 is 19.1 Å². The van der Waals surface area contributed by atoms with Crippen molar-refractivity contribution in [2.45, 2.75) is 27.3 Å². The largest absolute Gasteiger partial charge is 0.451 e. The Morgan fingerprint density at radius 3 is 2.45 bits per heavy atom. The Kier molecular flexibility index (Phi) is 6.59. The van der Waals surface area contributed by atoms with Crippen LogP contribution < -0.4 is 10.9 Å². The van der Waals surface area contributed by atoms with Crippen molar-refractivity contribution in [3.63, 3.8) is 0 Å². The van der Waals surface area contributed by atoms with Gasteiger partial charge < -0.3 is 10.1 Å². The van der Waals surface area contributed by atoms with Crippen LogP contribution in [-0.4, -0.2) is 34.0 Å². The first kappa shape index (κ1) is 21.9. The molecule has 1 heterocycles. The summed E-state index contributed by atoms with van der Waals surface area (Å²) in [6, 6.07) is 13.1. The van der Waals surface area contributed by atoms with Crippen molar-refractivity contribution >= 4 is 34.1 Å². The van der Waals surface area contributed by atoms with Crippen molar-refractivity contribution in [2.75, 3.05) is 11.9 Å². The maximum absolute atomic E-state index is 12.7. The normalized spacial score (nSPS) is 10.8.